The summed E-state index contributed by atoms with van der Waals surface area (Å²) in [5, 5.41) is 1.15. The lowest BCUT2D eigenvalue weighted by molar-refractivity contribution is 0.216. The van der Waals surface area contributed by atoms with E-state index in [2.05, 4.69) is 21.7 Å². The number of rotatable bonds is 4. The molecule has 3 heterocycles. The minimum absolute atomic E-state index is 0.460. The van der Waals surface area contributed by atoms with Crippen molar-refractivity contribution >= 4 is 16.8 Å². The number of furan rings is 1. The first kappa shape index (κ1) is 16.9. The van der Waals surface area contributed by atoms with E-state index in [1.165, 1.54) is 38.6 Å². The molecule has 0 amide bonds. The molecule has 2 fully saturated rings. The second-order valence-corrected chi connectivity index (χ2v) is 7.83. The molecule has 0 aromatic carbocycles. The SMILES string of the molecule is Cc1cnc(N2CCN(CCC3CCC(N)CC3)CC2)c2ccoc12. The van der Waals surface area contributed by atoms with Crippen LogP contribution in [0.4, 0.5) is 5.82 Å². The van der Waals surface area contributed by atoms with Gasteiger partial charge in [-0.2, -0.15) is 0 Å². The summed E-state index contributed by atoms with van der Waals surface area (Å²) in [5.74, 6) is 1.97. The van der Waals surface area contributed by atoms with E-state index in [1.54, 1.807) is 6.26 Å². The van der Waals surface area contributed by atoms with Gasteiger partial charge in [-0.15, -0.1) is 0 Å². The van der Waals surface area contributed by atoms with Gasteiger partial charge in [0.1, 0.15) is 11.4 Å². The van der Waals surface area contributed by atoms with Crippen LogP contribution in [0.15, 0.2) is 22.9 Å². The van der Waals surface area contributed by atoms with Gasteiger partial charge in [-0.25, -0.2) is 4.98 Å². The van der Waals surface area contributed by atoms with E-state index in [9.17, 15) is 0 Å². The number of aryl methyl sites for hydroxylation is 1. The van der Waals surface area contributed by atoms with E-state index in [-0.39, 0.29) is 0 Å². The van der Waals surface area contributed by atoms with E-state index < -0.39 is 0 Å². The van der Waals surface area contributed by atoms with Crippen molar-refractivity contribution in [1.82, 2.24) is 9.88 Å². The summed E-state index contributed by atoms with van der Waals surface area (Å²) >= 11 is 0. The average molecular weight is 342 g/mol. The van der Waals surface area contributed by atoms with E-state index >= 15 is 0 Å². The Morgan fingerprint density at radius 3 is 2.68 bits per heavy atom. The van der Waals surface area contributed by atoms with Crippen molar-refractivity contribution in [2.45, 2.75) is 45.1 Å². The van der Waals surface area contributed by atoms with Gasteiger partial charge in [0, 0.05) is 44.0 Å². The Morgan fingerprint density at radius 2 is 1.92 bits per heavy atom. The number of hydrogen-bond acceptors (Lipinski definition) is 5. The van der Waals surface area contributed by atoms with Crippen LogP contribution in [-0.2, 0) is 0 Å². The van der Waals surface area contributed by atoms with Crippen molar-refractivity contribution in [3.05, 3.63) is 24.1 Å². The fraction of sp³-hybridized carbons (Fsp3) is 0.650. The maximum absolute atomic E-state index is 6.02. The molecule has 25 heavy (non-hydrogen) atoms. The molecule has 5 nitrogen and oxygen atoms in total. The molecule has 0 atom stereocenters. The highest BCUT2D eigenvalue weighted by Gasteiger charge is 2.23. The number of nitrogens with zero attached hydrogens (tertiary/aromatic N) is 3. The molecule has 0 unspecified atom stereocenters. The Hall–Kier alpha value is -1.59. The Morgan fingerprint density at radius 1 is 1.16 bits per heavy atom. The van der Waals surface area contributed by atoms with Gasteiger partial charge in [-0.1, -0.05) is 0 Å². The number of piperazine rings is 1. The molecule has 1 aliphatic carbocycles. The summed E-state index contributed by atoms with van der Waals surface area (Å²) < 4.78 is 5.63. The summed E-state index contributed by atoms with van der Waals surface area (Å²) in [7, 11) is 0. The second kappa shape index (κ2) is 7.34. The number of fused-ring (bicyclic) bond motifs is 1. The fourth-order valence-electron chi connectivity index (χ4n) is 4.35. The molecular weight excluding hydrogens is 312 g/mol. The van der Waals surface area contributed by atoms with Gasteiger partial charge in [0.05, 0.1) is 11.6 Å². The second-order valence-electron chi connectivity index (χ2n) is 7.83. The summed E-state index contributed by atoms with van der Waals surface area (Å²) in [6.45, 7) is 7.63. The minimum Gasteiger partial charge on any atom is -0.464 e. The fourth-order valence-corrected chi connectivity index (χ4v) is 4.35. The molecule has 1 saturated carbocycles. The number of anilines is 1. The van der Waals surface area contributed by atoms with Gasteiger partial charge in [-0.3, -0.25) is 4.90 Å². The largest absolute Gasteiger partial charge is 0.464 e. The monoisotopic (exact) mass is 342 g/mol. The van der Waals surface area contributed by atoms with Gasteiger partial charge < -0.3 is 15.1 Å². The van der Waals surface area contributed by atoms with Crippen molar-refractivity contribution < 1.29 is 4.42 Å². The lowest BCUT2D eigenvalue weighted by Gasteiger charge is -2.36. The van der Waals surface area contributed by atoms with E-state index in [1.807, 2.05) is 12.3 Å². The van der Waals surface area contributed by atoms with Crippen LogP contribution in [0.5, 0.6) is 0 Å². The summed E-state index contributed by atoms with van der Waals surface area (Å²) in [6.07, 6.45) is 10.1. The summed E-state index contributed by atoms with van der Waals surface area (Å²) in [5.41, 5.74) is 8.10. The highest BCUT2D eigenvalue weighted by Crippen LogP contribution is 2.29. The van der Waals surface area contributed by atoms with Crippen molar-refractivity contribution in [2.75, 3.05) is 37.6 Å². The van der Waals surface area contributed by atoms with Gasteiger partial charge in [0.2, 0.25) is 0 Å². The smallest absolute Gasteiger partial charge is 0.142 e. The average Bonchev–Trinajstić information content (AvgIpc) is 3.13. The molecule has 2 aromatic heterocycles. The zero-order valence-corrected chi connectivity index (χ0v) is 15.3. The van der Waals surface area contributed by atoms with Crippen LogP contribution in [0.2, 0.25) is 0 Å². The maximum atomic E-state index is 6.02. The van der Waals surface area contributed by atoms with Crippen molar-refractivity contribution in [3.8, 4) is 0 Å². The number of nitrogens with two attached hydrogens (primary N) is 1. The predicted octanol–water partition coefficient (Wildman–Crippen LogP) is 3.17. The molecule has 1 aliphatic heterocycles. The molecule has 1 saturated heterocycles. The first-order valence-corrected chi connectivity index (χ1v) is 9.76. The van der Waals surface area contributed by atoms with E-state index in [4.69, 9.17) is 10.2 Å². The lowest BCUT2D eigenvalue weighted by atomic mass is 9.84. The Balaban J connectivity index is 1.31. The molecule has 136 valence electrons. The third-order valence-corrected chi connectivity index (χ3v) is 6.06. The maximum Gasteiger partial charge on any atom is 0.142 e. The molecule has 2 aromatic rings. The standard InChI is InChI=1S/C20H30N4O/c1-15-14-22-20(18-7-13-25-19(15)18)24-11-9-23(10-12-24)8-6-16-2-4-17(21)5-3-16/h7,13-14,16-17H,2-6,8-12,21H2,1H3. The van der Waals surface area contributed by atoms with Gasteiger partial charge in [-0.05, 0) is 57.6 Å². The lowest BCUT2D eigenvalue weighted by Crippen LogP contribution is -2.47. The molecule has 0 radical (unpaired) electrons. The van der Waals surface area contributed by atoms with Crippen LogP contribution in [-0.4, -0.2) is 48.6 Å². The molecule has 2 N–H and O–H groups in total. The molecule has 0 bridgehead atoms. The van der Waals surface area contributed by atoms with Crippen LogP contribution >= 0.6 is 0 Å². The van der Waals surface area contributed by atoms with Crippen molar-refractivity contribution in [1.29, 1.82) is 0 Å². The highest BCUT2D eigenvalue weighted by atomic mass is 16.3. The summed E-state index contributed by atoms with van der Waals surface area (Å²) in [6, 6.07) is 2.51. The van der Waals surface area contributed by atoms with Crippen LogP contribution in [0.1, 0.15) is 37.7 Å². The zero-order valence-electron chi connectivity index (χ0n) is 15.3. The quantitative estimate of drug-likeness (QED) is 0.925. The number of hydrogen-bond donors (Lipinski definition) is 1. The normalized spacial score (nSPS) is 25.6. The van der Waals surface area contributed by atoms with Gasteiger partial charge in [0.15, 0.2) is 0 Å². The molecule has 0 spiro atoms. The topological polar surface area (TPSA) is 58.5 Å². The number of aromatic nitrogens is 1. The molecule has 2 aliphatic rings. The molecule has 5 heteroatoms. The van der Waals surface area contributed by atoms with Crippen molar-refractivity contribution in [2.24, 2.45) is 11.7 Å². The Kier molecular flexibility index (Phi) is 4.95. The number of pyridine rings is 1. The summed E-state index contributed by atoms with van der Waals surface area (Å²) in [4.78, 5) is 9.72. The van der Waals surface area contributed by atoms with Gasteiger partial charge >= 0.3 is 0 Å². The molecular formula is C20H30N4O. The first-order valence-electron chi connectivity index (χ1n) is 9.76. The van der Waals surface area contributed by atoms with Crippen LogP contribution in [0, 0.1) is 12.8 Å². The van der Waals surface area contributed by atoms with Crippen LogP contribution in [0.25, 0.3) is 11.0 Å². The van der Waals surface area contributed by atoms with Crippen LogP contribution in [0.3, 0.4) is 0 Å². The van der Waals surface area contributed by atoms with Crippen molar-refractivity contribution in [3.63, 3.8) is 0 Å². The van der Waals surface area contributed by atoms with Crippen LogP contribution < -0.4 is 10.6 Å². The van der Waals surface area contributed by atoms with Gasteiger partial charge in [0.25, 0.3) is 0 Å². The minimum atomic E-state index is 0.460. The molecule has 4 rings (SSSR count). The predicted molar refractivity (Wildman–Crippen MR) is 102 cm³/mol. The Labute approximate surface area is 150 Å². The zero-order chi connectivity index (χ0) is 17.2. The first-order chi connectivity index (χ1) is 12.2. The van der Waals surface area contributed by atoms with E-state index in [0.717, 1.165) is 54.4 Å². The third kappa shape index (κ3) is 3.67. The Bertz CT molecular complexity index is 697. The highest BCUT2D eigenvalue weighted by molar-refractivity contribution is 5.90. The van der Waals surface area contributed by atoms with E-state index in [0.29, 0.717) is 6.04 Å². The third-order valence-electron chi connectivity index (χ3n) is 6.06.